The van der Waals surface area contributed by atoms with Crippen molar-refractivity contribution in [3.05, 3.63) is 388 Å². The summed E-state index contributed by atoms with van der Waals surface area (Å²) >= 11 is 0. The SMILES string of the molecule is c1ccc(-c2ccc(-c3nc(-c4ccc(-c5cccc(-c6ccc(-c7ccc(-c8ccc(-c9nc(-c%10ccc(-c%11ccccc%11)cc%10)nc(-c%10ccc(-c%11ccccc%11)cc%10)n9)c9c8oc8ccccc89)cc7)cc6)c5)cc4)nc(-c4cccc5oc6c(-c7ccc(-c8ccccc8)cc7)cccc6c45)n3)cc2)cc1. The van der Waals surface area contributed by atoms with E-state index in [4.69, 9.17) is 38.7 Å². The minimum absolute atomic E-state index is 0.556. The highest BCUT2D eigenvalue weighted by atomic mass is 16.3. The first kappa shape index (κ1) is 64.7. The maximum Gasteiger partial charge on any atom is 0.164 e. The summed E-state index contributed by atoms with van der Waals surface area (Å²) in [5.74, 6) is 3.42. The Bertz CT molecular complexity index is 6690. The summed E-state index contributed by atoms with van der Waals surface area (Å²) in [4.78, 5) is 31.6. The highest BCUT2D eigenvalue weighted by Crippen LogP contribution is 2.45. The van der Waals surface area contributed by atoms with E-state index in [9.17, 15) is 0 Å². The zero-order valence-corrected chi connectivity index (χ0v) is 59.5. The third-order valence-corrected chi connectivity index (χ3v) is 20.9. The van der Waals surface area contributed by atoms with E-state index < -0.39 is 0 Å². The van der Waals surface area contributed by atoms with Gasteiger partial charge < -0.3 is 8.83 Å². The number of aromatic nitrogens is 6. The maximum absolute atomic E-state index is 6.88. The Balaban J connectivity index is 0.587. The molecule has 0 amide bonds. The van der Waals surface area contributed by atoms with Crippen LogP contribution in [0.25, 0.3) is 212 Å². The van der Waals surface area contributed by atoms with Crippen molar-refractivity contribution < 1.29 is 8.83 Å². The average molecular weight is 1410 g/mol. The molecule has 0 radical (unpaired) electrons. The molecule has 0 N–H and O–H groups in total. The van der Waals surface area contributed by atoms with E-state index in [1.165, 1.54) is 5.56 Å². The van der Waals surface area contributed by atoms with Crippen molar-refractivity contribution in [1.29, 1.82) is 0 Å². The first-order valence-electron chi connectivity index (χ1n) is 36.9. The molecule has 0 spiro atoms. The van der Waals surface area contributed by atoms with Crippen molar-refractivity contribution >= 4 is 43.9 Å². The summed E-state index contributed by atoms with van der Waals surface area (Å²) in [7, 11) is 0. The molecule has 0 saturated carbocycles. The average Bonchev–Trinajstić information content (AvgIpc) is 1.56. The van der Waals surface area contributed by atoms with Gasteiger partial charge in [-0.15, -0.1) is 0 Å². The number of hydrogen-bond acceptors (Lipinski definition) is 8. The minimum atomic E-state index is 0.556. The Morgan fingerprint density at radius 2 is 0.400 bits per heavy atom. The number of benzene rings is 16. The molecular formula is C102H64N6O2. The van der Waals surface area contributed by atoms with E-state index in [2.05, 4.69) is 340 Å². The number of para-hydroxylation sites is 2. The zero-order valence-electron chi connectivity index (χ0n) is 59.5. The van der Waals surface area contributed by atoms with Gasteiger partial charge in [-0.2, -0.15) is 0 Å². The van der Waals surface area contributed by atoms with Gasteiger partial charge in [0.15, 0.2) is 34.9 Å². The Hall–Kier alpha value is -14.9. The van der Waals surface area contributed by atoms with Gasteiger partial charge in [0.05, 0.1) is 0 Å². The normalized spacial score (nSPS) is 11.5. The van der Waals surface area contributed by atoms with Crippen LogP contribution in [0.3, 0.4) is 0 Å². The second kappa shape index (κ2) is 27.9. The van der Waals surface area contributed by atoms with Gasteiger partial charge in [0.25, 0.3) is 0 Å². The summed E-state index contributed by atoms with van der Waals surface area (Å²) < 4.78 is 13.7. The van der Waals surface area contributed by atoms with Crippen molar-refractivity contribution in [2.45, 2.75) is 0 Å². The molecule has 0 aliphatic rings. The predicted molar refractivity (Wildman–Crippen MR) is 449 cm³/mol. The first-order valence-corrected chi connectivity index (χ1v) is 36.9. The molecule has 4 heterocycles. The third kappa shape index (κ3) is 12.3. The fourth-order valence-corrected chi connectivity index (χ4v) is 15.2. The van der Waals surface area contributed by atoms with Gasteiger partial charge in [-0.05, 0) is 119 Å². The molecule has 0 aliphatic carbocycles. The van der Waals surface area contributed by atoms with E-state index >= 15 is 0 Å². The van der Waals surface area contributed by atoms with Crippen molar-refractivity contribution in [2.75, 3.05) is 0 Å². The molecule has 0 bridgehead atoms. The molecule has 0 saturated heterocycles. The fraction of sp³-hybridized carbons (Fsp3) is 0. The number of furan rings is 2. The number of rotatable bonds is 15. The number of nitrogens with zero attached hydrogens (tertiary/aromatic N) is 6. The maximum atomic E-state index is 6.88. The van der Waals surface area contributed by atoms with Crippen LogP contribution in [0.4, 0.5) is 0 Å². The molecule has 16 aromatic carbocycles. The zero-order chi connectivity index (χ0) is 72.9. The van der Waals surface area contributed by atoms with Gasteiger partial charge in [0, 0.05) is 66.1 Å². The molecule has 4 aromatic heterocycles. The summed E-state index contributed by atoms with van der Waals surface area (Å²) in [5, 5.41) is 3.86. The second-order valence-electron chi connectivity index (χ2n) is 27.6. The standard InChI is InChI=1S/C102H64N6O2/c1-5-18-65(19-6-1)69-38-50-77(51-39-69)85-29-16-30-88-93-89(31-17-33-92(93)110-95(85)88)101-105-97(79-54-42-70(43-55-79)66-20-7-2-8-21-66)103-98(106-101)82-60-48-76(49-61-82)84-27-15-26-83(64-84)75-36-34-73(35-37-75)74-40-52-78(53-41-74)86-62-63-90(94-87-28-13-14-32-91(87)109-96(86)94)102-107-99(80-56-44-71(45-57-80)67-22-9-3-10-23-67)104-100(108-102)81-58-46-72(47-59-81)68-24-11-4-12-25-68/h1-64H. The van der Waals surface area contributed by atoms with E-state index in [1.807, 2.05) is 48.5 Å². The van der Waals surface area contributed by atoms with Gasteiger partial charge in [-0.1, -0.05) is 358 Å². The van der Waals surface area contributed by atoms with Crippen molar-refractivity contribution in [3.63, 3.8) is 0 Å². The van der Waals surface area contributed by atoms with Crippen LogP contribution in [0.1, 0.15) is 0 Å². The van der Waals surface area contributed by atoms with Gasteiger partial charge in [0.2, 0.25) is 0 Å². The van der Waals surface area contributed by atoms with Gasteiger partial charge in [-0.25, -0.2) is 29.9 Å². The van der Waals surface area contributed by atoms with Crippen LogP contribution in [0.5, 0.6) is 0 Å². The van der Waals surface area contributed by atoms with Crippen molar-refractivity contribution in [3.8, 4) is 168 Å². The lowest BCUT2D eigenvalue weighted by molar-refractivity contribution is 0.669. The highest BCUT2D eigenvalue weighted by Gasteiger charge is 2.24. The molecule has 8 heteroatoms. The molecule has 110 heavy (non-hydrogen) atoms. The molecule has 8 nitrogen and oxygen atoms in total. The lowest BCUT2D eigenvalue weighted by Crippen LogP contribution is -2.00. The van der Waals surface area contributed by atoms with Crippen LogP contribution in [0.15, 0.2) is 397 Å². The predicted octanol–water partition coefficient (Wildman–Crippen LogP) is 26.9. The lowest BCUT2D eigenvalue weighted by Gasteiger charge is -2.12. The topological polar surface area (TPSA) is 104 Å². The van der Waals surface area contributed by atoms with Gasteiger partial charge >= 0.3 is 0 Å². The first-order chi connectivity index (χ1) is 54.5. The molecular weight excluding hydrogens is 1340 g/mol. The fourth-order valence-electron chi connectivity index (χ4n) is 15.2. The Labute approximate surface area is 635 Å². The van der Waals surface area contributed by atoms with E-state index in [0.717, 1.165) is 172 Å². The van der Waals surface area contributed by atoms with Crippen molar-refractivity contribution in [1.82, 2.24) is 29.9 Å². The minimum Gasteiger partial charge on any atom is -0.455 e. The second-order valence-corrected chi connectivity index (χ2v) is 27.6. The molecule has 0 fully saturated rings. The molecule has 514 valence electrons. The lowest BCUT2D eigenvalue weighted by atomic mass is 9.95. The van der Waals surface area contributed by atoms with Crippen LogP contribution in [-0.2, 0) is 0 Å². The van der Waals surface area contributed by atoms with Crippen LogP contribution in [0.2, 0.25) is 0 Å². The van der Waals surface area contributed by atoms with E-state index in [-0.39, 0.29) is 0 Å². The van der Waals surface area contributed by atoms with Crippen LogP contribution < -0.4 is 0 Å². The third-order valence-electron chi connectivity index (χ3n) is 20.9. The van der Waals surface area contributed by atoms with E-state index in [1.54, 1.807) is 0 Å². The van der Waals surface area contributed by atoms with Gasteiger partial charge in [0.1, 0.15) is 22.3 Å². The van der Waals surface area contributed by atoms with E-state index in [0.29, 0.717) is 34.9 Å². The molecule has 0 aliphatic heterocycles. The van der Waals surface area contributed by atoms with Crippen LogP contribution in [-0.4, -0.2) is 29.9 Å². The number of fused-ring (bicyclic) bond motifs is 6. The summed E-state index contributed by atoms with van der Waals surface area (Å²) in [5.41, 5.74) is 28.2. The Morgan fingerprint density at radius 3 is 0.809 bits per heavy atom. The quantitative estimate of drug-likeness (QED) is 0.1000. The molecule has 0 atom stereocenters. The largest absolute Gasteiger partial charge is 0.455 e. The highest BCUT2D eigenvalue weighted by molar-refractivity contribution is 6.17. The van der Waals surface area contributed by atoms with Crippen LogP contribution in [0, 0.1) is 0 Å². The Morgan fingerprint density at radius 1 is 0.145 bits per heavy atom. The van der Waals surface area contributed by atoms with Gasteiger partial charge in [-0.3, -0.25) is 0 Å². The monoisotopic (exact) mass is 1400 g/mol. The molecule has 0 unspecified atom stereocenters. The van der Waals surface area contributed by atoms with Crippen LogP contribution >= 0.6 is 0 Å². The Kier molecular flexibility index (Phi) is 16.4. The number of hydrogen-bond donors (Lipinski definition) is 0. The molecule has 20 rings (SSSR count). The summed E-state index contributed by atoms with van der Waals surface area (Å²) in [6, 6.07) is 136. The van der Waals surface area contributed by atoms with Crippen molar-refractivity contribution in [2.24, 2.45) is 0 Å². The summed E-state index contributed by atoms with van der Waals surface area (Å²) in [6.45, 7) is 0. The smallest absolute Gasteiger partial charge is 0.164 e. The molecule has 20 aromatic rings. The summed E-state index contributed by atoms with van der Waals surface area (Å²) in [6.07, 6.45) is 0.